The zero-order valence-corrected chi connectivity index (χ0v) is 12.6. The van der Waals surface area contributed by atoms with Gasteiger partial charge in [-0.25, -0.2) is 0 Å². The highest BCUT2D eigenvalue weighted by molar-refractivity contribution is 9.10. The van der Waals surface area contributed by atoms with Crippen molar-refractivity contribution in [1.82, 2.24) is 5.32 Å². The zero-order valence-electron chi connectivity index (χ0n) is 11.0. The van der Waals surface area contributed by atoms with Crippen LogP contribution < -0.4 is 10.2 Å². The molecule has 0 aromatic heterocycles. The number of rotatable bonds is 1. The van der Waals surface area contributed by atoms with Crippen LogP contribution in [0.5, 0.6) is 0 Å². The van der Waals surface area contributed by atoms with Crippen LogP contribution in [-0.4, -0.2) is 25.0 Å². The molecule has 1 aliphatic rings. The Balaban J connectivity index is 2.36. The summed E-state index contributed by atoms with van der Waals surface area (Å²) >= 11 is 3.46. The molecule has 1 saturated heterocycles. The van der Waals surface area contributed by atoms with Crippen LogP contribution in [0.3, 0.4) is 0 Å². The third kappa shape index (κ3) is 2.93. The van der Waals surface area contributed by atoms with Crippen LogP contribution >= 0.6 is 15.9 Å². The average molecular weight is 311 g/mol. The molecule has 1 fully saturated rings. The molecule has 1 atom stereocenters. The van der Waals surface area contributed by atoms with Crippen molar-refractivity contribution in [2.24, 2.45) is 5.41 Å². The van der Waals surface area contributed by atoms with Gasteiger partial charge in [-0.1, -0.05) is 35.8 Å². The number of carbonyl (C=O) groups is 1. The summed E-state index contributed by atoms with van der Waals surface area (Å²) in [6, 6.07) is 7.77. The monoisotopic (exact) mass is 310 g/mol. The number of hydrogen-bond donors (Lipinski definition) is 1. The summed E-state index contributed by atoms with van der Waals surface area (Å²) in [6.07, 6.45) is 0. The van der Waals surface area contributed by atoms with Gasteiger partial charge in [0.05, 0.1) is 6.04 Å². The van der Waals surface area contributed by atoms with Gasteiger partial charge in [0, 0.05) is 23.2 Å². The molecule has 4 heteroatoms. The van der Waals surface area contributed by atoms with Gasteiger partial charge in [-0.05, 0) is 30.5 Å². The molecule has 1 N–H and O–H groups in total. The summed E-state index contributed by atoms with van der Waals surface area (Å²) < 4.78 is 0.996. The van der Waals surface area contributed by atoms with Gasteiger partial charge in [-0.3, -0.25) is 4.79 Å². The Hall–Kier alpha value is -0.870. The van der Waals surface area contributed by atoms with Crippen molar-refractivity contribution < 1.29 is 4.79 Å². The molecule has 2 rings (SSSR count). The number of halogens is 1. The first-order valence-electron chi connectivity index (χ1n) is 6.19. The van der Waals surface area contributed by atoms with Crippen molar-refractivity contribution in [3.05, 3.63) is 28.7 Å². The van der Waals surface area contributed by atoms with E-state index in [2.05, 4.69) is 35.1 Å². The fraction of sp³-hybridized carbons (Fsp3) is 0.500. The summed E-state index contributed by atoms with van der Waals surface area (Å²) in [6.45, 7) is 7.87. The zero-order chi connectivity index (χ0) is 13.3. The molecular weight excluding hydrogens is 292 g/mol. The smallest absolute Gasteiger partial charge is 0.243 e. The van der Waals surface area contributed by atoms with Crippen LogP contribution in [0.2, 0.25) is 0 Å². The van der Waals surface area contributed by atoms with Crippen molar-refractivity contribution in [3.8, 4) is 0 Å². The molecule has 1 unspecified atom stereocenters. The number of nitrogens with zero attached hydrogens (tertiary/aromatic N) is 1. The maximum absolute atomic E-state index is 12.4. The molecule has 1 heterocycles. The summed E-state index contributed by atoms with van der Waals surface area (Å²) in [7, 11) is 0. The van der Waals surface area contributed by atoms with Gasteiger partial charge in [0.2, 0.25) is 5.91 Å². The third-order valence-corrected chi connectivity index (χ3v) is 3.72. The first-order valence-corrected chi connectivity index (χ1v) is 6.99. The van der Waals surface area contributed by atoms with Gasteiger partial charge in [0.1, 0.15) is 0 Å². The lowest BCUT2D eigenvalue weighted by Gasteiger charge is -2.29. The lowest BCUT2D eigenvalue weighted by Crippen LogP contribution is -2.42. The molecule has 0 radical (unpaired) electrons. The number of benzene rings is 1. The van der Waals surface area contributed by atoms with E-state index >= 15 is 0 Å². The molecule has 0 saturated carbocycles. The molecule has 3 nitrogen and oxygen atoms in total. The van der Waals surface area contributed by atoms with E-state index in [0.29, 0.717) is 0 Å². The highest BCUT2D eigenvalue weighted by Gasteiger charge is 2.33. The number of amides is 1. The largest absolute Gasteiger partial charge is 0.310 e. The third-order valence-electron chi connectivity index (χ3n) is 3.23. The van der Waals surface area contributed by atoms with Crippen molar-refractivity contribution in [2.75, 3.05) is 18.0 Å². The van der Waals surface area contributed by atoms with E-state index < -0.39 is 0 Å². The minimum Gasteiger partial charge on any atom is -0.310 e. The van der Waals surface area contributed by atoms with E-state index in [1.54, 1.807) is 0 Å². The van der Waals surface area contributed by atoms with Gasteiger partial charge < -0.3 is 10.2 Å². The Morgan fingerprint density at radius 2 is 2.17 bits per heavy atom. The lowest BCUT2D eigenvalue weighted by atomic mass is 9.93. The second-order valence-corrected chi connectivity index (χ2v) is 6.59. The summed E-state index contributed by atoms with van der Waals surface area (Å²) in [5, 5.41) is 3.30. The minimum absolute atomic E-state index is 0.0722. The highest BCUT2D eigenvalue weighted by Crippen LogP contribution is 2.27. The van der Waals surface area contributed by atoms with Crippen molar-refractivity contribution in [3.63, 3.8) is 0 Å². The van der Waals surface area contributed by atoms with E-state index in [1.807, 2.05) is 36.1 Å². The van der Waals surface area contributed by atoms with Crippen molar-refractivity contribution >= 4 is 27.5 Å². The standard InChI is InChI=1S/C14H19BrN2O/c1-10-13(18)17(9-14(2,3)8-16-10)12-6-4-5-11(15)7-12/h4-7,10,16H,8-9H2,1-3H3. The Bertz CT molecular complexity index is 459. The molecule has 1 aromatic rings. The van der Waals surface area contributed by atoms with Gasteiger partial charge in [-0.15, -0.1) is 0 Å². The van der Waals surface area contributed by atoms with Crippen molar-refractivity contribution in [2.45, 2.75) is 26.8 Å². The SMILES string of the molecule is CC1NCC(C)(C)CN(c2cccc(Br)c2)C1=O. The Morgan fingerprint density at radius 3 is 2.83 bits per heavy atom. The minimum atomic E-state index is -0.134. The predicted molar refractivity (Wildman–Crippen MR) is 77.7 cm³/mol. The first kappa shape index (κ1) is 13.6. The van der Waals surface area contributed by atoms with Gasteiger partial charge in [-0.2, -0.15) is 0 Å². The van der Waals surface area contributed by atoms with Gasteiger partial charge in [0.25, 0.3) is 0 Å². The maximum atomic E-state index is 12.4. The number of nitrogens with one attached hydrogen (secondary N) is 1. The van der Waals surface area contributed by atoms with Crippen LogP contribution in [0.4, 0.5) is 5.69 Å². The second-order valence-electron chi connectivity index (χ2n) is 5.67. The Morgan fingerprint density at radius 1 is 1.44 bits per heavy atom. The number of anilines is 1. The van der Waals surface area contributed by atoms with E-state index in [0.717, 1.165) is 23.2 Å². The van der Waals surface area contributed by atoms with Crippen LogP contribution in [0, 0.1) is 5.41 Å². The van der Waals surface area contributed by atoms with Gasteiger partial charge >= 0.3 is 0 Å². The summed E-state index contributed by atoms with van der Waals surface area (Å²) in [4.78, 5) is 14.3. The second kappa shape index (κ2) is 5.02. The molecule has 18 heavy (non-hydrogen) atoms. The normalized spacial score (nSPS) is 23.9. The van der Waals surface area contributed by atoms with E-state index in [9.17, 15) is 4.79 Å². The van der Waals surface area contributed by atoms with E-state index in [1.165, 1.54) is 0 Å². The highest BCUT2D eigenvalue weighted by atomic mass is 79.9. The molecule has 0 bridgehead atoms. The predicted octanol–water partition coefficient (Wildman–Crippen LogP) is 2.80. The molecule has 0 spiro atoms. The topological polar surface area (TPSA) is 32.3 Å². The first-order chi connectivity index (χ1) is 8.39. The average Bonchev–Trinajstić information content (AvgIpc) is 2.41. The fourth-order valence-corrected chi connectivity index (χ4v) is 2.56. The van der Waals surface area contributed by atoms with E-state index in [-0.39, 0.29) is 17.4 Å². The summed E-state index contributed by atoms with van der Waals surface area (Å²) in [5.41, 5.74) is 1.03. The van der Waals surface area contributed by atoms with Crippen LogP contribution in [0.25, 0.3) is 0 Å². The number of carbonyl (C=O) groups excluding carboxylic acids is 1. The molecule has 0 aliphatic carbocycles. The maximum Gasteiger partial charge on any atom is 0.243 e. The van der Waals surface area contributed by atoms with Crippen LogP contribution in [-0.2, 0) is 4.79 Å². The fourth-order valence-electron chi connectivity index (χ4n) is 2.17. The van der Waals surface area contributed by atoms with Crippen molar-refractivity contribution in [1.29, 1.82) is 0 Å². The molecule has 1 amide bonds. The van der Waals surface area contributed by atoms with Crippen LogP contribution in [0.1, 0.15) is 20.8 Å². The molecule has 1 aromatic carbocycles. The molecular formula is C14H19BrN2O. The quantitative estimate of drug-likeness (QED) is 0.865. The van der Waals surface area contributed by atoms with Crippen LogP contribution in [0.15, 0.2) is 28.7 Å². The Labute approximate surface area is 117 Å². The number of hydrogen-bond acceptors (Lipinski definition) is 2. The Kier molecular flexibility index (Phi) is 3.78. The molecule has 1 aliphatic heterocycles. The summed E-state index contributed by atoms with van der Waals surface area (Å²) in [5.74, 6) is 0.138. The van der Waals surface area contributed by atoms with Gasteiger partial charge in [0.15, 0.2) is 0 Å². The van der Waals surface area contributed by atoms with E-state index in [4.69, 9.17) is 0 Å². The lowest BCUT2D eigenvalue weighted by molar-refractivity contribution is -0.119. The molecule has 98 valence electrons.